The van der Waals surface area contributed by atoms with Crippen molar-refractivity contribution in [3.63, 3.8) is 0 Å². The Balaban J connectivity index is 1.89. The molecule has 3 aromatic carbocycles. The molecule has 0 radical (unpaired) electrons. The van der Waals surface area contributed by atoms with Crippen LogP contribution < -0.4 is 10.2 Å². The number of rotatable bonds is 4. The molecule has 0 aliphatic heterocycles. The zero-order valence-electron chi connectivity index (χ0n) is 15.6. The lowest BCUT2D eigenvalue weighted by molar-refractivity contribution is 0.296. The van der Waals surface area contributed by atoms with Crippen molar-refractivity contribution < 1.29 is 38.4 Å². The number of benzene rings is 3. The van der Waals surface area contributed by atoms with Crippen LogP contribution in [0.1, 0.15) is 5.56 Å². The van der Waals surface area contributed by atoms with Gasteiger partial charge in [-0.1, -0.05) is 6.07 Å². The van der Waals surface area contributed by atoms with E-state index in [1.165, 1.54) is 12.1 Å². The summed E-state index contributed by atoms with van der Waals surface area (Å²) in [5, 5.41) is 38.9. The first-order valence-electron chi connectivity index (χ1n) is 8.86. The van der Waals surface area contributed by atoms with E-state index in [4.69, 9.17) is 9.15 Å². The highest BCUT2D eigenvalue weighted by atomic mass is 19.2. The van der Waals surface area contributed by atoms with Gasteiger partial charge in [-0.05, 0) is 35.9 Å². The lowest BCUT2D eigenvalue weighted by Crippen LogP contribution is -2.10. The van der Waals surface area contributed by atoms with Crippen molar-refractivity contribution in [3.8, 4) is 40.1 Å². The summed E-state index contributed by atoms with van der Waals surface area (Å²) >= 11 is 0. The Bertz CT molecular complexity index is 1380. The van der Waals surface area contributed by atoms with Crippen LogP contribution in [-0.4, -0.2) is 20.4 Å². The van der Waals surface area contributed by atoms with Crippen molar-refractivity contribution in [2.75, 3.05) is 0 Å². The van der Waals surface area contributed by atoms with Crippen molar-refractivity contribution >= 4 is 11.0 Å². The highest BCUT2D eigenvalue weighted by Gasteiger charge is 2.22. The van der Waals surface area contributed by atoms with Crippen molar-refractivity contribution in [2.45, 2.75) is 6.61 Å². The van der Waals surface area contributed by atoms with E-state index in [0.29, 0.717) is 0 Å². The van der Waals surface area contributed by atoms with Crippen LogP contribution >= 0.6 is 0 Å². The molecule has 0 aliphatic carbocycles. The van der Waals surface area contributed by atoms with Crippen LogP contribution in [0.2, 0.25) is 0 Å². The Hall–Kier alpha value is -4.27. The van der Waals surface area contributed by atoms with Gasteiger partial charge in [-0.3, -0.25) is 4.79 Å². The molecule has 0 amide bonds. The normalized spacial score (nSPS) is 11.0. The molecular formula is C22H14F2O7. The molecular weight excluding hydrogens is 414 g/mol. The van der Waals surface area contributed by atoms with Gasteiger partial charge in [0.2, 0.25) is 11.2 Å². The van der Waals surface area contributed by atoms with Crippen LogP contribution in [0.3, 0.4) is 0 Å². The molecule has 1 heterocycles. The van der Waals surface area contributed by atoms with Gasteiger partial charge in [0.1, 0.15) is 29.1 Å². The number of fused-ring (bicyclic) bond motifs is 1. The van der Waals surface area contributed by atoms with E-state index in [9.17, 15) is 34.0 Å². The van der Waals surface area contributed by atoms with E-state index >= 15 is 0 Å². The highest BCUT2D eigenvalue weighted by Crippen LogP contribution is 2.38. The lowest BCUT2D eigenvalue weighted by Gasteiger charge is -2.13. The maximum atomic E-state index is 13.5. The summed E-state index contributed by atoms with van der Waals surface area (Å²) in [5.41, 5.74) is -0.612. The largest absolute Gasteiger partial charge is 0.508 e. The fourth-order valence-corrected chi connectivity index (χ4v) is 3.04. The minimum atomic E-state index is -1.09. The monoisotopic (exact) mass is 428 g/mol. The van der Waals surface area contributed by atoms with Gasteiger partial charge in [0.15, 0.2) is 28.9 Å². The number of hydrogen-bond donors (Lipinski definition) is 4. The molecule has 7 nitrogen and oxygen atoms in total. The fraction of sp³-hybridized carbons (Fsp3) is 0.0455. The topological polar surface area (TPSA) is 120 Å². The molecule has 0 atom stereocenters. The summed E-state index contributed by atoms with van der Waals surface area (Å²) < 4.78 is 37.9. The third-order valence-electron chi connectivity index (χ3n) is 4.52. The van der Waals surface area contributed by atoms with Gasteiger partial charge in [-0.25, -0.2) is 8.78 Å². The molecule has 0 aliphatic rings. The van der Waals surface area contributed by atoms with E-state index < -0.39 is 34.3 Å². The van der Waals surface area contributed by atoms with Crippen molar-refractivity contribution in [1.29, 1.82) is 0 Å². The van der Waals surface area contributed by atoms with Crippen molar-refractivity contribution in [3.05, 3.63) is 76.0 Å². The van der Waals surface area contributed by atoms with Crippen LogP contribution in [0.25, 0.3) is 22.3 Å². The number of aromatic hydroxyl groups is 4. The van der Waals surface area contributed by atoms with Crippen molar-refractivity contribution in [2.24, 2.45) is 0 Å². The van der Waals surface area contributed by atoms with Gasteiger partial charge in [-0.15, -0.1) is 0 Å². The second-order valence-electron chi connectivity index (χ2n) is 6.67. The fourth-order valence-electron chi connectivity index (χ4n) is 3.04. The SMILES string of the molecule is O=c1c(OCc2ccc(F)c(F)c2)c(-c2ccc(O)c(O)c2)oc2cc(O)cc(O)c12. The maximum absolute atomic E-state index is 13.5. The van der Waals surface area contributed by atoms with E-state index in [2.05, 4.69) is 0 Å². The molecule has 0 bridgehead atoms. The number of hydrogen-bond acceptors (Lipinski definition) is 7. The van der Waals surface area contributed by atoms with Gasteiger partial charge in [-0.2, -0.15) is 0 Å². The third kappa shape index (κ3) is 3.68. The van der Waals surface area contributed by atoms with Crippen LogP contribution in [-0.2, 0) is 6.61 Å². The number of halogens is 2. The molecule has 9 heteroatoms. The second-order valence-corrected chi connectivity index (χ2v) is 6.67. The zero-order chi connectivity index (χ0) is 22.3. The predicted octanol–water partition coefficient (Wildman–Crippen LogP) is 4.14. The third-order valence-corrected chi connectivity index (χ3v) is 4.52. The summed E-state index contributed by atoms with van der Waals surface area (Å²) in [7, 11) is 0. The molecule has 0 unspecified atom stereocenters. The molecule has 4 rings (SSSR count). The number of phenolic OH excluding ortho intramolecular Hbond substituents is 4. The molecule has 4 aromatic rings. The maximum Gasteiger partial charge on any atom is 0.239 e. The molecule has 0 spiro atoms. The average molecular weight is 428 g/mol. The molecule has 0 saturated heterocycles. The summed E-state index contributed by atoms with van der Waals surface area (Å²) in [4.78, 5) is 13.1. The first kappa shape index (κ1) is 20.0. The first-order valence-corrected chi connectivity index (χ1v) is 8.86. The van der Waals surface area contributed by atoms with Gasteiger partial charge < -0.3 is 29.6 Å². The van der Waals surface area contributed by atoms with E-state index in [1.54, 1.807) is 0 Å². The number of phenols is 4. The number of ether oxygens (including phenoxy) is 1. The van der Waals surface area contributed by atoms with Gasteiger partial charge in [0, 0.05) is 17.7 Å². The standard InChI is InChI=1S/C22H14F2O7/c23-13-3-1-10(5-14(13)24)9-30-22-20(29)19-17(28)7-12(25)8-18(19)31-21(22)11-2-4-15(26)16(27)6-11/h1-8,25-28H,9H2. The van der Waals surface area contributed by atoms with Crippen LogP contribution in [0.5, 0.6) is 28.7 Å². The molecule has 1 aromatic heterocycles. The second kappa shape index (κ2) is 7.52. The van der Waals surface area contributed by atoms with E-state index in [0.717, 1.165) is 36.4 Å². The minimum Gasteiger partial charge on any atom is -0.508 e. The molecule has 31 heavy (non-hydrogen) atoms. The molecule has 158 valence electrons. The Morgan fingerprint density at radius 1 is 0.839 bits per heavy atom. The summed E-state index contributed by atoms with van der Waals surface area (Å²) in [6.07, 6.45) is 0. The van der Waals surface area contributed by atoms with Crippen LogP contribution in [0.15, 0.2) is 57.7 Å². The van der Waals surface area contributed by atoms with Gasteiger partial charge in [0.05, 0.1) is 0 Å². The summed E-state index contributed by atoms with van der Waals surface area (Å²) in [6, 6.07) is 8.75. The quantitative estimate of drug-likeness (QED) is 0.361. The first-order chi connectivity index (χ1) is 14.7. The van der Waals surface area contributed by atoms with Crippen LogP contribution in [0.4, 0.5) is 8.78 Å². The van der Waals surface area contributed by atoms with Crippen molar-refractivity contribution in [1.82, 2.24) is 0 Å². The van der Waals surface area contributed by atoms with Crippen LogP contribution in [0, 0.1) is 11.6 Å². The summed E-state index contributed by atoms with van der Waals surface area (Å²) in [5.74, 6) is -4.52. The average Bonchev–Trinajstić information content (AvgIpc) is 2.71. The molecule has 4 N–H and O–H groups in total. The Kier molecular flexibility index (Phi) is 4.86. The zero-order valence-corrected chi connectivity index (χ0v) is 15.6. The van der Waals surface area contributed by atoms with Gasteiger partial charge >= 0.3 is 0 Å². The Morgan fingerprint density at radius 2 is 1.61 bits per heavy atom. The lowest BCUT2D eigenvalue weighted by atomic mass is 10.1. The predicted molar refractivity (Wildman–Crippen MR) is 105 cm³/mol. The smallest absolute Gasteiger partial charge is 0.239 e. The Labute approximate surface area is 172 Å². The van der Waals surface area contributed by atoms with E-state index in [1.807, 2.05) is 0 Å². The molecule has 0 fully saturated rings. The molecule has 0 saturated carbocycles. The summed E-state index contributed by atoms with van der Waals surface area (Å²) in [6.45, 7) is -0.344. The van der Waals surface area contributed by atoms with E-state index in [-0.39, 0.29) is 46.0 Å². The highest BCUT2D eigenvalue weighted by molar-refractivity contribution is 5.88. The Morgan fingerprint density at radius 3 is 2.32 bits per heavy atom. The minimum absolute atomic E-state index is 0.136. The van der Waals surface area contributed by atoms with Gasteiger partial charge in [0.25, 0.3) is 0 Å².